The van der Waals surface area contributed by atoms with Crippen LogP contribution in [0.2, 0.25) is 0 Å². The monoisotopic (exact) mass is 295 g/mol. The Morgan fingerprint density at radius 1 is 1.64 bits per heavy atom. The van der Waals surface area contributed by atoms with Crippen molar-refractivity contribution >= 4 is 22.6 Å². The SMILES string of the molecule is C=CC(=O)N1CCC[C@@H](Nc2c(C#N)cnc3[nH]ccc23)C1. The number of amides is 1. The van der Waals surface area contributed by atoms with Gasteiger partial charge in [-0.05, 0) is 25.0 Å². The Morgan fingerprint density at radius 2 is 2.50 bits per heavy atom. The largest absolute Gasteiger partial charge is 0.379 e. The molecule has 0 aromatic carbocycles. The minimum Gasteiger partial charge on any atom is -0.379 e. The molecule has 0 spiro atoms. The molecule has 1 atom stereocenters. The van der Waals surface area contributed by atoms with E-state index in [1.165, 1.54) is 6.08 Å². The van der Waals surface area contributed by atoms with Gasteiger partial charge in [0.15, 0.2) is 0 Å². The van der Waals surface area contributed by atoms with Crippen molar-refractivity contribution < 1.29 is 4.79 Å². The van der Waals surface area contributed by atoms with Gasteiger partial charge >= 0.3 is 0 Å². The highest BCUT2D eigenvalue weighted by Gasteiger charge is 2.23. The van der Waals surface area contributed by atoms with E-state index in [0.29, 0.717) is 12.1 Å². The Kier molecular flexibility index (Phi) is 3.79. The third-order valence-electron chi connectivity index (χ3n) is 3.96. The van der Waals surface area contributed by atoms with Crippen LogP contribution >= 0.6 is 0 Å². The number of rotatable bonds is 3. The number of hydrogen-bond donors (Lipinski definition) is 2. The van der Waals surface area contributed by atoms with Crippen molar-refractivity contribution in [3.05, 3.63) is 36.7 Å². The predicted molar refractivity (Wildman–Crippen MR) is 84.2 cm³/mol. The molecule has 3 rings (SSSR count). The fourth-order valence-corrected chi connectivity index (χ4v) is 2.88. The van der Waals surface area contributed by atoms with Crippen molar-refractivity contribution in [1.82, 2.24) is 14.9 Å². The van der Waals surface area contributed by atoms with Crippen molar-refractivity contribution in [3.63, 3.8) is 0 Å². The Morgan fingerprint density at radius 3 is 3.27 bits per heavy atom. The fourth-order valence-electron chi connectivity index (χ4n) is 2.88. The van der Waals surface area contributed by atoms with Gasteiger partial charge in [-0.1, -0.05) is 6.58 Å². The van der Waals surface area contributed by atoms with Gasteiger partial charge < -0.3 is 15.2 Å². The zero-order valence-electron chi connectivity index (χ0n) is 12.2. The maximum Gasteiger partial charge on any atom is 0.246 e. The van der Waals surface area contributed by atoms with E-state index in [9.17, 15) is 10.1 Å². The van der Waals surface area contributed by atoms with Gasteiger partial charge in [-0.25, -0.2) is 4.98 Å². The first kappa shape index (κ1) is 14.1. The van der Waals surface area contributed by atoms with Gasteiger partial charge in [0.25, 0.3) is 0 Å². The molecule has 0 saturated carbocycles. The van der Waals surface area contributed by atoms with Gasteiger partial charge in [0.05, 0.1) is 11.3 Å². The summed E-state index contributed by atoms with van der Waals surface area (Å²) >= 11 is 0. The minimum absolute atomic E-state index is 0.0477. The molecule has 0 unspecified atom stereocenters. The highest BCUT2D eigenvalue weighted by atomic mass is 16.2. The fraction of sp³-hybridized carbons (Fsp3) is 0.312. The topological polar surface area (TPSA) is 84.8 Å². The molecule has 1 amide bonds. The number of nitriles is 1. The maximum absolute atomic E-state index is 11.8. The smallest absolute Gasteiger partial charge is 0.246 e. The predicted octanol–water partition coefficient (Wildman–Crippen LogP) is 2.02. The van der Waals surface area contributed by atoms with E-state index in [4.69, 9.17) is 0 Å². The number of aromatic amines is 1. The number of nitrogens with one attached hydrogen (secondary N) is 2. The number of piperidine rings is 1. The normalized spacial score (nSPS) is 18.0. The first-order valence-electron chi connectivity index (χ1n) is 7.27. The Labute approximate surface area is 128 Å². The molecule has 6 heteroatoms. The van der Waals surface area contributed by atoms with Crippen molar-refractivity contribution in [2.75, 3.05) is 18.4 Å². The van der Waals surface area contributed by atoms with Crippen molar-refractivity contribution in [1.29, 1.82) is 5.26 Å². The highest BCUT2D eigenvalue weighted by Crippen LogP contribution is 2.27. The molecule has 1 aliphatic rings. The molecule has 2 N–H and O–H groups in total. The van der Waals surface area contributed by atoms with Gasteiger partial charge in [-0.2, -0.15) is 5.26 Å². The summed E-state index contributed by atoms with van der Waals surface area (Å²) in [6.07, 6.45) is 6.61. The summed E-state index contributed by atoms with van der Waals surface area (Å²) in [5.41, 5.74) is 2.04. The first-order chi connectivity index (χ1) is 10.7. The van der Waals surface area contributed by atoms with Gasteiger partial charge in [-0.15, -0.1) is 0 Å². The van der Waals surface area contributed by atoms with Crippen LogP contribution in [0.5, 0.6) is 0 Å². The second kappa shape index (κ2) is 5.90. The molecular weight excluding hydrogens is 278 g/mol. The van der Waals surface area contributed by atoms with Gasteiger partial charge in [-0.3, -0.25) is 4.79 Å². The molecule has 112 valence electrons. The zero-order chi connectivity index (χ0) is 15.5. The van der Waals surface area contributed by atoms with E-state index in [1.54, 1.807) is 17.3 Å². The number of pyridine rings is 1. The third-order valence-corrected chi connectivity index (χ3v) is 3.96. The molecule has 22 heavy (non-hydrogen) atoms. The highest BCUT2D eigenvalue weighted by molar-refractivity contribution is 5.92. The van der Waals surface area contributed by atoms with Crippen LogP contribution in [0.25, 0.3) is 11.0 Å². The molecule has 1 saturated heterocycles. The van der Waals surface area contributed by atoms with E-state index in [0.717, 1.165) is 36.1 Å². The molecule has 1 aliphatic heterocycles. The molecular formula is C16H17N5O. The maximum atomic E-state index is 11.8. The van der Waals surface area contributed by atoms with E-state index in [2.05, 4.69) is 27.9 Å². The summed E-state index contributed by atoms with van der Waals surface area (Å²) in [6, 6.07) is 4.20. The summed E-state index contributed by atoms with van der Waals surface area (Å²) in [4.78, 5) is 20.8. The summed E-state index contributed by atoms with van der Waals surface area (Å²) in [5.74, 6) is -0.0477. The van der Waals surface area contributed by atoms with Crippen LogP contribution in [-0.4, -0.2) is 39.9 Å². The molecule has 0 bridgehead atoms. The van der Waals surface area contributed by atoms with Crippen molar-refractivity contribution in [2.45, 2.75) is 18.9 Å². The number of H-pyrrole nitrogens is 1. The average Bonchev–Trinajstić information content (AvgIpc) is 3.03. The number of aromatic nitrogens is 2. The second-order valence-corrected chi connectivity index (χ2v) is 5.37. The Balaban J connectivity index is 1.86. The number of fused-ring (bicyclic) bond motifs is 1. The number of nitrogens with zero attached hydrogens (tertiary/aromatic N) is 3. The molecule has 2 aromatic heterocycles. The molecule has 2 aromatic rings. The first-order valence-corrected chi connectivity index (χ1v) is 7.27. The van der Waals surface area contributed by atoms with E-state index in [1.807, 2.05) is 6.07 Å². The average molecular weight is 295 g/mol. The van der Waals surface area contributed by atoms with Crippen LogP contribution in [0.3, 0.4) is 0 Å². The van der Waals surface area contributed by atoms with E-state index in [-0.39, 0.29) is 11.9 Å². The molecule has 6 nitrogen and oxygen atoms in total. The molecule has 0 radical (unpaired) electrons. The zero-order valence-corrected chi connectivity index (χ0v) is 12.2. The molecule has 1 fully saturated rings. The van der Waals surface area contributed by atoms with Gasteiger partial charge in [0.1, 0.15) is 11.7 Å². The molecule has 0 aliphatic carbocycles. The lowest BCUT2D eigenvalue weighted by molar-refractivity contribution is -0.127. The number of hydrogen-bond acceptors (Lipinski definition) is 4. The van der Waals surface area contributed by atoms with Gasteiger partial charge in [0, 0.05) is 36.9 Å². The number of likely N-dealkylation sites (tertiary alicyclic amines) is 1. The van der Waals surface area contributed by atoms with Crippen LogP contribution in [0.1, 0.15) is 18.4 Å². The van der Waals surface area contributed by atoms with Crippen LogP contribution in [0.15, 0.2) is 31.1 Å². The lowest BCUT2D eigenvalue weighted by Gasteiger charge is -2.33. The number of carbonyl (C=O) groups excluding carboxylic acids is 1. The lowest BCUT2D eigenvalue weighted by atomic mass is 10.0. The summed E-state index contributed by atoms with van der Waals surface area (Å²) in [6.45, 7) is 4.91. The van der Waals surface area contributed by atoms with Crippen LogP contribution in [-0.2, 0) is 4.79 Å². The van der Waals surface area contributed by atoms with Crippen LogP contribution in [0.4, 0.5) is 5.69 Å². The number of carbonyl (C=O) groups is 1. The summed E-state index contributed by atoms with van der Waals surface area (Å²) in [7, 11) is 0. The Bertz CT molecular complexity index is 757. The lowest BCUT2D eigenvalue weighted by Crippen LogP contribution is -2.44. The van der Waals surface area contributed by atoms with E-state index >= 15 is 0 Å². The molecule has 3 heterocycles. The Hall–Kier alpha value is -2.81. The van der Waals surface area contributed by atoms with Crippen LogP contribution in [0, 0.1) is 11.3 Å². The van der Waals surface area contributed by atoms with Crippen molar-refractivity contribution in [2.24, 2.45) is 0 Å². The summed E-state index contributed by atoms with van der Waals surface area (Å²) < 4.78 is 0. The quantitative estimate of drug-likeness (QED) is 0.848. The standard InChI is InChI=1S/C16H17N5O/c1-2-14(22)21-7-3-4-12(10-21)20-15-11(8-17)9-19-16-13(15)5-6-18-16/h2,5-6,9,12H,1,3-4,7,10H2,(H2,18,19,20)/t12-/m1/s1. The minimum atomic E-state index is -0.0477. The number of anilines is 1. The van der Waals surface area contributed by atoms with Gasteiger partial charge in [0.2, 0.25) is 5.91 Å². The van der Waals surface area contributed by atoms with Crippen LogP contribution < -0.4 is 5.32 Å². The third kappa shape index (κ3) is 2.53. The van der Waals surface area contributed by atoms with E-state index < -0.39 is 0 Å². The van der Waals surface area contributed by atoms with Crippen molar-refractivity contribution in [3.8, 4) is 6.07 Å². The summed E-state index contributed by atoms with van der Waals surface area (Å²) in [5, 5.41) is 13.6. The second-order valence-electron chi connectivity index (χ2n) is 5.37.